The molecule has 0 unspecified atom stereocenters. The maximum Gasteiger partial charge on any atom is 0.294 e. The van der Waals surface area contributed by atoms with Crippen LogP contribution >= 0.6 is 11.3 Å². The van der Waals surface area contributed by atoms with Crippen LogP contribution in [0.25, 0.3) is 6.08 Å². The molecule has 0 saturated carbocycles. The Morgan fingerprint density at radius 1 is 1.08 bits per heavy atom. The second-order valence-corrected chi connectivity index (χ2v) is 6.71. The highest BCUT2D eigenvalue weighted by Gasteiger charge is 2.30. The number of rotatable bonds is 3. The highest BCUT2D eigenvalue weighted by molar-refractivity contribution is 7.10. The number of benzene rings is 2. The molecule has 0 fully saturated rings. The van der Waals surface area contributed by atoms with Gasteiger partial charge < -0.3 is 10.5 Å². The zero-order valence-corrected chi connectivity index (χ0v) is 14.2. The topological polar surface area (TPSA) is 55.6 Å². The van der Waals surface area contributed by atoms with Crippen molar-refractivity contribution in [2.75, 3.05) is 10.6 Å². The number of fused-ring (bicyclic) bond motifs is 1. The molecule has 25 heavy (non-hydrogen) atoms. The van der Waals surface area contributed by atoms with Gasteiger partial charge in [-0.3, -0.25) is 9.69 Å². The minimum Gasteiger partial charge on any atom is -0.449 e. The summed E-state index contributed by atoms with van der Waals surface area (Å²) in [5, 5.41) is 1.97. The lowest BCUT2D eigenvalue weighted by molar-refractivity contribution is -0.117. The Hall–Kier alpha value is -3.05. The van der Waals surface area contributed by atoms with Gasteiger partial charge in [0.05, 0.1) is 12.2 Å². The smallest absolute Gasteiger partial charge is 0.294 e. The van der Waals surface area contributed by atoms with Gasteiger partial charge in [0.1, 0.15) is 0 Å². The molecule has 4 rings (SSSR count). The van der Waals surface area contributed by atoms with E-state index >= 15 is 0 Å². The van der Waals surface area contributed by atoms with Gasteiger partial charge in [0.15, 0.2) is 11.5 Å². The quantitative estimate of drug-likeness (QED) is 0.567. The van der Waals surface area contributed by atoms with Crippen LogP contribution in [0.5, 0.6) is 5.75 Å². The molecular weight excluding hydrogens is 332 g/mol. The van der Waals surface area contributed by atoms with Crippen molar-refractivity contribution in [1.82, 2.24) is 0 Å². The van der Waals surface area contributed by atoms with E-state index in [1.807, 2.05) is 47.8 Å². The molecule has 0 saturated heterocycles. The molecule has 1 aliphatic rings. The lowest BCUT2D eigenvalue weighted by atomic mass is 10.1. The number of nitrogens with two attached hydrogens (primary N) is 1. The van der Waals surface area contributed by atoms with Crippen LogP contribution in [0.4, 0.5) is 11.4 Å². The van der Waals surface area contributed by atoms with Gasteiger partial charge in [-0.1, -0.05) is 36.4 Å². The van der Waals surface area contributed by atoms with Crippen LogP contribution in [0.3, 0.4) is 0 Å². The highest BCUT2D eigenvalue weighted by atomic mass is 32.1. The summed E-state index contributed by atoms with van der Waals surface area (Å²) in [6.45, 7) is 0.460. The van der Waals surface area contributed by atoms with Crippen molar-refractivity contribution in [3.8, 4) is 5.75 Å². The minimum absolute atomic E-state index is 0.171. The summed E-state index contributed by atoms with van der Waals surface area (Å²) in [5.74, 6) is 0.776. The molecule has 0 atom stereocenters. The van der Waals surface area contributed by atoms with Crippen LogP contribution in [-0.2, 0) is 11.3 Å². The number of ether oxygens (including phenoxy) is 1. The zero-order chi connectivity index (χ0) is 17.2. The van der Waals surface area contributed by atoms with Gasteiger partial charge in [0.25, 0.3) is 5.91 Å². The fraction of sp³-hybridized carbons (Fsp3) is 0.0500. The maximum absolute atomic E-state index is 13.0. The van der Waals surface area contributed by atoms with Crippen LogP contribution in [0.15, 0.2) is 71.8 Å². The number of nitrogen functional groups attached to an aromatic ring is 1. The number of hydrogen-bond donors (Lipinski definition) is 1. The predicted octanol–water partition coefficient (Wildman–Crippen LogP) is 4.30. The number of nitrogens with zero attached hydrogens (tertiary/aromatic N) is 1. The first kappa shape index (κ1) is 15.5. The third-order valence-electron chi connectivity index (χ3n) is 3.95. The van der Waals surface area contributed by atoms with Crippen molar-refractivity contribution >= 4 is 34.7 Å². The third kappa shape index (κ3) is 3.14. The molecule has 124 valence electrons. The van der Waals surface area contributed by atoms with E-state index in [9.17, 15) is 4.79 Å². The summed E-state index contributed by atoms with van der Waals surface area (Å²) in [5.41, 5.74) is 8.25. The van der Waals surface area contributed by atoms with E-state index in [4.69, 9.17) is 10.5 Å². The van der Waals surface area contributed by atoms with Gasteiger partial charge in [0, 0.05) is 16.6 Å². The van der Waals surface area contributed by atoms with E-state index < -0.39 is 0 Å². The van der Waals surface area contributed by atoms with Crippen LogP contribution < -0.4 is 15.4 Å². The van der Waals surface area contributed by atoms with Gasteiger partial charge in [0.2, 0.25) is 0 Å². The van der Waals surface area contributed by atoms with Crippen molar-refractivity contribution in [2.45, 2.75) is 6.54 Å². The van der Waals surface area contributed by atoms with Crippen molar-refractivity contribution in [1.29, 1.82) is 0 Å². The number of carbonyl (C=O) groups excluding carboxylic acids is 1. The maximum atomic E-state index is 13.0. The predicted molar refractivity (Wildman–Crippen MR) is 101 cm³/mol. The summed E-state index contributed by atoms with van der Waals surface area (Å²) >= 11 is 1.56. The Balaban J connectivity index is 1.77. The van der Waals surface area contributed by atoms with Crippen LogP contribution in [0.2, 0.25) is 0 Å². The Kier molecular flexibility index (Phi) is 3.99. The van der Waals surface area contributed by atoms with E-state index in [2.05, 4.69) is 0 Å². The van der Waals surface area contributed by atoms with E-state index in [1.54, 1.807) is 40.5 Å². The van der Waals surface area contributed by atoms with E-state index in [0.717, 1.165) is 10.4 Å². The second kappa shape index (κ2) is 6.45. The molecule has 0 bridgehead atoms. The lowest BCUT2D eigenvalue weighted by Crippen LogP contribution is -2.36. The standard InChI is InChI=1S/C20H16N2O2S/c21-15-8-9-18-17(11-15)22(13-14-5-2-1-3-6-14)20(23)19(24-18)12-16-7-4-10-25-16/h1-12H,13,21H2/b19-12+. The van der Waals surface area contributed by atoms with E-state index in [-0.39, 0.29) is 5.91 Å². The van der Waals surface area contributed by atoms with Crippen molar-refractivity contribution < 1.29 is 9.53 Å². The van der Waals surface area contributed by atoms with Crippen LogP contribution in [0, 0.1) is 0 Å². The highest BCUT2D eigenvalue weighted by Crippen LogP contribution is 2.38. The van der Waals surface area contributed by atoms with Crippen molar-refractivity contribution in [2.24, 2.45) is 0 Å². The van der Waals surface area contributed by atoms with Gasteiger partial charge in [-0.2, -0.15) is 0 Å². The summed E-state index contributed by atoms with van der Waals surface area (Å²) < 4.78 is 5.86. The average Bonchev–Trinajstić information content (AvgIpc) is 3.13. The average molecular weight is 348 g/mol. The van der Waals surface area contributed by atoms with Gasteiger partial charge in [-0.05, 0) is 35.2 Å². The van der Waals surface area contributed by atoms with Crippen molar-refractivity contribution in [3.05, 3.63) is 82.2 Å². The Morgan fingerprint density at radius 3 is 2.68 bits per heavy atom. The van der Waals surface area contributed by atoms with Crippen molar-refractivity contribution in [3.63, 3.8) is 0 Å². The molecule has 1 amide bonds. The molecule has 3 aromatic rings. The molecule has 2 N–H and O–H groups in total. The number of hydrogen-bond acceptors (Lipinski definition) is 4. The molecule has 1 aromatic heterocycles. The third-order valence-corrected chi connectivity index (χ3v) is 4.77. The normalized spacial score (nSPS) is 15.1. The zero-order valence-electron chi connectivity index (χ0n) is 13.4. The molecule has 0 radical (unpaired) electrons. The number of amides is 1. The molecule has 5 heteroatoms. The first-order valence-electron chi connectivity index (χ1n) is 7.89. The molecule has 1 aliphatic heterocycles. The van der Waals surface area contributed by atoms with Gasteiger partial charge in [-0.15, -0.1) is 11.3 Å². The fourth-order valence-electron chi connectivity index (χ4n) is 2.75. The first-order valence-corrected chi connectivity index (χ1v) is 8.77. The Bertz CT molecular complexity index is 934. The van der Waals surface area contributed by atoms with E-state index in [0.29, 0.717) is 29.4 Å². The summed E-state index contributed by atoms with van der Waals surface area (Å²) in [4.78, 5) is 15.7. The largest absolute Gasteiger partial charge is 0.449 e. The lowest BCUT2D eigenvalue weighted by Gasteiger charge is -2.30. The fourth-order valence-corrected chi connectivity index (χ4v) is 3.40. The summed E-state index contributed by atoms with van der Waals surface area (Å²) in [6, 6.07) is 19.1. The van der Waals surface area contributed by atoms with Gasteiger partial charge >= 0.3 is 0 Å². The van der Waals surface area contributed by atoms with Crippen LogP contribution in [-0.4, -0.2) is 5.91 Å². The summed E-state index contributed by atoms with van der Waals surface area (Å²) in [6.07, 6.45) is 1.78. The Labute approximate surface area is 149 Å². The minimum atomic E-state index is -0.171. The molecule has 2 aromatic carbocycles. The Morgan fingerprint density at radius 2 is 1.92 bits per heavy atom. The first-order chi connectivity index (χ1) is 12.2. The summed E-state index contributed by atoms with van der Waals surface area (Å²) in [7, 11) is 0. The molecular formula is C20H16N2O2S. The number of carbonyl (C=O) groups is 1. The second-order valence-electron chi connectivity index (χ2n) is 5.73. The van der Waals surface area contributed by atoms with E-state index in [1.165, 1.54) is 0 Å². The van der Waals surface area contributed by atoms with Crippen LogP contribution in [0.1, 0.15) is 10.4 Å². The molecule has 4 nitrogen and oxygen atoms in total. The van der Waals surface area contributed by atoms with Gasteiger partial charge in [-0.25, -0.2) is 0 Å². The monoisotopic (exact) mass is 348 g/mol. The molecule has 0 spiro atoms. The number of thiophene rings is 1. The molecule has 2 heterocycles. The molecule has 0 aliphatic carbocycles. The SMILES string of the molecule is Nc1ccc2c(c1)N(Cc1ccccc1)C(=O)/C(=C\c1cccs1)O2. The number of anilines is 2.